The van der Waals surface area contributed by atoms with Crippen molar-refractivity contribution in [3.8, 4) is 0 Å². The maximum atomic E-state index is 5.73. The van der Waals surface area contributed by atoms with Crippen LogP contribution in [0.5, 0.6) is 0 Å². The van der Waals surface area contributed by atoms with E-state index in [9.17, 15) is 0 Å². The van der Waals surface area contributed by atoms with Crippen LogP contribution in [0.2, 0.25) is 0 Å². The van der Waals surface area contributed by atoms with E-state index in [1.165, 1.54) is 5.56 Å². The summed E-state index contributed by atoms with van der Waals surface area (Å²) in [6.07, 6.45) is 1.02. The summed E-state index contributed by atoms with van der Waals surface area (Å²) in [4.78, 5) is 2.28. The predicted molar refractivity (Wildman–Crippen MR) is 78.0 cm³/mol. The van der Waals surface area contributed by atoms with E-state index < -0.39 is 0 Å². The van der Waals surface area contributed by atoms with E-state index in [-0.39, 0.29) is 5.41 Å². The van der Waals surface area contributed by atoms with Crippen LogP contribution in [-0.4, -0.2) is 25.5 Å². The summed E-state index contributed by atoms with van der Waals surface area (Å²) in [5.74, 6) is 0. The Morgan fingerprint density at radius 3 is 2.47 bits per heavy atom. The van der Waals surface area contributed by atoms with Gasteiger partial charge < -0.3 is 10.6 Å². The van der Waals surface area contributed by atoms with Crippen LogP contribution in [0.15, 0.2) is 28.7 Å². The van der Waals surface area contributed by atoms with Gasteiger partial charge in [0.25, 0.3) is 0 Å². The Hall–Kier alpha value is -0.380. The van der Waals surface area contributed by atoms with Crippen LogP contribution in [0.3, 0.4) is 0 Å². The first kappa shape index (κ1) is 14.7. The fourth-order valence-electron chi connectivity index (χ4n) is 2.63. The molecule has 0 bridgehead atoms. The molecule has 0 spiro atoms. The Balaban J connectivity index is 3.09. The number of rotatable bonds is 5. The SMILES string of the molecule is CN(C)C(c1cccc(Br)c1)C(C)(C)CCN. The second-order valence-corrected chi connectivity index (χ2v) is 6.36. The maximum Gasteiger partial charge on any atom is 0.0393 e. The van der Waals surface area contributed by atoms with Gasteiger partial charge in [-0.05, 0) is 50.2 Å². The van der Waals surface area contributed by atoms with Crippen molar-refractivity contribution < 1.29 is 0 Å². The molecule has 1 aromatic carbocycles. The lowest BCUT2D eigenvalue weighted by atomic mass is 9.77. The van der Waals surface area contributed by atoms with Gasteiger partial charge in [0.05, 0.1) is 0 Å². The monoisotopic (exact) mass is 298 g/mol. The molecular weight excluding hydrogens is 276 g/mol. The molecule has 0 aromatic heterocycles. The second kappa shape index (κ2) is 5.98. The van der Waals surface area contributed by atoms with Crippen LogP contribution < -0.4 is 5.73 Å². The lowest BCUT2D eigenvalue weighted by Crippen LogP contribution is -2.35. The van der Waals surface area contributed by atoms with Crippen molar-refractivity contribution in [1.82, 2.24) is 4.90 Å². The van der Waals surface area contributed by atoms with Crippen molar-refractivity contribution in [3.63, 3.8) is 0 Å². The fraction of sp³-hybridized carbons (Fsp3) is 0.571. The largest absolute Gasteiger partial charge is 0.330 e. The van der Waals surface area contributed by atoms with E-state index in [0.717, 1.165) is 17.4 Å². The molecule has 2 N–H and O–H groups in total. The lowest BCUT2D eigenvalue weighted by Gasteiger charge is -2.39. The molecule has 0 amide bonds. The normalized spacial score (nSPS) is 14.1. The van der Waals surface area contributed by atoms with Crippen molar-refractivity contribution in [1.29, 1.82) is 0 Å². The van der Waals surface area contributed by atoms with Crippen LogP contribution in [0.4, 0.5) is 0 Å². The summed E-state index contributed by atoms with van der Waals surface area (Å²) in [5, 5.41) is 0. The molecule has 0 aliphatic carbocycles. The molecule has 96 valence electrons. The average Bonchev–Trinajstić information content (AvgIpc) is 2.15. The summed E-state index contributed by atoms with van der Waals surface area (Å²) in [6, 6.07) is 8.92. The Labute approximate surface area is 113 Å². The van der Waals surface area contributed by atoms with E-state index in [2.05, 4.69) is 73.0 Å². The predicted octanol–water partition coefficient (Wildman–Crippen LogP) is 3.43. The van der Waals surface area contributed by atoms with Crippen molar-refractivity contribution >= 4 is 15.9 Å². The molecule has 0 heterocycles. The number of benzene rings is 1. The van der Waals surface area contributed by atoms with Crippen LogP contribution in [0, 0.1) is 5.41 Å². The zero-order chi connectivity index (χ0) is 13.1. The fourth-order valence-corrected chi connectivity index (χ4v) is 3.05. The molecule has 0 aliphatic rings. The Bertz CT molecular complexity index is 361. The number of nitrogens with two attached hydrogens (primary N) is 1. The number of nitrogens with zero attached hydrogens (tertiary/aromatic N) is 1. The van der Waals surface area contributed by atoms with Gasteiger partial charge >= 0.3 is 0 Å². The van der Waals surface area contributed by atoms with Gasteiger partial charge in [0, 0.05) is 10.5 Å². The molecule has 3 heteroatoms. The van der Waals surface area contributed by atoms with Gasteiger partial charge in [0.15, 0.2) is 0 Å². The zero-order valence-electron chi connectivity index (χ0n) is 11.2. The molecule has 0 fully saturated rings. The number of hydrogen-bond donors (Lipinski definition) is 1. The van der Waals surface area contributed by atoms with E-state index in [0.29, 0.717) is 6.04 Å². The highest BCUT2D eigenvalue weighted by molar-refractivity contribution is 9.10. The molecule has 1 rings (SSSR count). The molecule has 1 aromatic rings. The molecule has 0 radical (unpaired) electrons. The van der Waals surface area contributed by atoms with Crippen LogP contribution in [0.1, 0.15) is 31.9 Å². The molecule has 1 atom stereocenters. The Morgan fingerprint density at radius 2 is 2.00 bits per heavy atom. The molecule has 2 nitrogen and oxygen atoms in total. The zero-order valence-corrected chi connectivity index (χ0v) is 12.8. The minimum absolute atomic E-state index is 0.166. The van der Waals surface area contributed by atoms with E-state index in [4.69, 9.17) is 5.73 Å². The third-order valence-electron chi connectivity index (χ3n) is 3.21. The first-order valence-electron chi connectivity index (χ1n) is 6.00. The highest BCUT2D eigenvalue weighted by Gasteiger charge is 2.31. The summed E-state index contributed by atoms with van der Waals surface area (Å²) in [5.41, 5.74) is 7.23. The minimum Gasteiger partial charge on any atom is -0.330 e. The van der Waals surface area contributed by atoms with Crippen molar-refractivity contribution in [2.24, 2.45) is 11.1 Å². The van der Waals surface area contributed by atoms with Crippen LogP contribution in [0.25, 0.3) is 0 Å². The number of halogens is 1. The minimum atomic E-state index is 0.166. The average molecular weight is 299 g/mol. The summed E-state index contributed by atoms with van der Waals surface area (Å²) >= 11 is 3.54. The lowest BCUT2D eigenvalue weighted by molar-refractivity contribution is 0.128. The van der Waals surface area contributed by atoms with Gasteiger partial charge in [-0.2, -0.15) is 0 Å². The molecular formula is C14H23BrN2. The van der Waals surface area contributed by atoms with Crippen molar-refractivity contribution in [2.75, 3.05) is 20.6 Å². The first-order chi connectivity index (χ1) is 7.88. The van der Waals surface area contributed by atoms with Crippen molar-refractivity contribution in [3.05, 3.63) is 34.3 Å². The topological polar surface area (TPSA) is 29.3 Å². The quantitative estimate of drug-likeness (QED) is 0.902. The van der Waals surface area contributed by atoms with Gasteiger partial charge in [-0.1, -0.05) is 41.9 Å². The van der Waals surface area contributed by atoms with Gasteiger partial charge in [-0.15, -0.1) is 0 Å². The number of hydrogen-bond acceptors (Lipinski definition) is 2. The van der Waals surface area contributed by atoms with Gasteiger partial charge in [-0.3, -0.25) is 0 Å². The Morgan fingerprint density at radius 1 is 1.35 bits per heavy atom. The highest BCUT2D eigenvalue weighted by atomic mass is 79.9. The summed E-state index contributed by atoms with van der Waals surface area (Å²) in [7, 11) is 4.26. The van der Waals surface area contributed by atoms with Gasteiger partial charge in [-0.25, -0.2) is 0 Å². The smallest absolute Gasteiger partial charge is 0.0393 e. The van der Waals surface area contributed by atoms with Crippen LogP contribution in [-0.2, 0) is 0 Å². The summed E-state index contributed by atoms with van der Waals surface area (Å²) < 4.78 is 1.13. The maximum absolute atomic E-state index is 5.73. The van der Waals surface area contributed by atoms with E-state index >= 15 is 0 Å². The summed E-state index contributed by atoms with van der Waals surface area (Å²) in [6.45, 7) is 5.29. The van der Waals surface area contributed by atoms with Gasteiger partial charge in [0.2, 0.25) is 0 Å². The van der Waals surface area contributed by atoms with E-state index in [1.807, 2.05) is 0 Å². The van der Waals surface area contributed by atoms with E-state index in [1.54, 1.807) is 0 Å². The first-order valence-corrected chi connectivity index (χ1v) is 6.80. The van der Waals surface area contributed by atoms with Gasteiger partial charge in [0.1, 0.15) is 0 Å². The molecule has 1 unspecified atom stereocenters. The Kier molecular flexibility index (Phi) is 5.17. The molecule has 0 saturated heterocycles. The van der Waals surface area contributed by atoms with Crippen molar-refractivity contribution in [2.45, 2.75) is 26.3 Å². The highest BCUT2D eigenvalue weighted by Crippen LogP contribution is 2.39. The molecule has 0 saturated carbocycles. The standard InChI is InChI=1S/C14H23BrN2/c1-14(2,8-9-16)13(17(3)4)11-6-5-7-12(15)10-11/h5-7,10,13H,8-9,16H2,1-4H3. The second-order valence-electron chi connectivity index (χ2n) is 5.45. The van der Waals surface area contributed by atoms with Crippen LogP contribution >= 0.6 is 15.9 Å². The third kappa shape index (κ3) is 3.80. The third-order valence-corrected chi connectivity index (χ3v) is 3.70. The molecule has 0 aliphatic heterocycles. The molecule has 17 heavy (non-hydrogen) atoms.